The molecule has 0 aliphatic heterocycles. The summed E-state index contributed by atoms with van der Waals surface area (Å²) < 4.78 is 11.1. The summed E-state index contributed by atoms with van der Waals surface area (Å²) in [6.45, 7) is 7.74. The zero-order valence-electron chi connectivity index (χ0n) is 13.4. The summed E-state index contributed by atoms with van der Waals surface area (Å²) in [4.78, 5) is 12.2. The van der Waals surface area contributed by atoms with Crippen molar-refractivity contribution in [3.63, 3.8) is 0 Å². The van der Waals surface area contributed by atoms with Crippen LogP contribution in [-0.4, -0.2) is 18.6 Å². The van der Waals surface area contributed by atoms with Crippen molar-refractivity contribution in [1.82, 2.24) is 0 Å². The lowest BCUT2D eigenvalue weighted by Gasteiger charge is -2.15. The minimum Gasteiger partial charge on any atom is -0.489 e. The van der Waals surface area contributed by atoms with Crippen LogP contribution in [0.4, 0.5) is 5.69 Å². The molecule has 1 amide bonds. The molecule has 0 spiro atoms. The molecule has 0 fully saturated rings. The number of carbonyl (C=O) groups excluding carboxylic acids is 1. The van der Waals surface area contributed by atoms with E-state index in [1.807, 2.05) is 43.3 Å². The van der Waals surface area contributed by atoms with Crippen molar-refractivity contribution >= 4 is 11.6 Å². The summed E-state index contributed by atoms with van der Waals surface area (Å²) in [6, 6.07) is 14.8. The van der Waals surface area contributed by atoms with Gasteiger partial charge in [-0.2, -0.15) is 0 Å². The van der Waals surface area contributed by atoms with Gasteiger partial charge in [0.2, 0.25) is 0 Å². The normalized spacial score (nSPS) is 11.4. The quantitative estimate of drug-likeness (QED) is 0.787. The third-order valence-corrected chi connectivity index (χ3v) is 3.17. The highest BCUT2D eigenvalue weighted by Crippen LogP contribution is 2.18. The average Bonchev–Trinajstić information content (AvgIpc) is 2.55. The van der Waals surface area contributed by atoms with Gasteiger partial charge in [0.1, 0.15) is 18.1 Å². The van der Waals surface area contributed by atoms with Crippen molar-refractivity contribution in [2.75, 3.05) is 11.9 Å². The number of aryl methyl sites for hydroxylation is 1. The molecule has 2 rings (SSSR count). The first-order chi connectivity index (χ1) is 11.1. The molecule has 23 heavy (non-hydrogen) atoms. The maximum atomic E-state index is 12.2. The predicted molar refractivity (Wildman–Crippen MR) is 92.0 cm³/mol. The molecular formula is C19H21NO3. The van der Waals surface area contributed by atoms with Gasteiger partial charge < -0.3 is 14.8 Å². The standard InChI is InChI=1S/C19H21NO3/c1-4-12-22-18-7-5-6-16(13-18)20-19(21)15(3)23-17-10-8-14(2)9-11-17/h4-11,13,15H,1,12H2,2-3H3,(H,20,21)/t15-/m0/s1. The Morgan fingerprint density at radius 2 is 1.96 bits per heavy atom. The largest absolute Gasteiger partial charge is 0.489 e. The van der Waals surface area contributed by atoms with E-state index in [-0.39, 0.29) is 5.91 Å². The first-order valence-electron chi connectivity index (χ1n) is 7.46. The fourth-order valence-electron chi connectivity index (χ4n) is 1.94. The van der Waals surface area contributed by atoms with E-state index < -0.39 is 6.10 Å². The van der Waals surface area contributed by atoms with Crippen LogP contribution in [0.3, 0.4) is 0 Å². The summed E-state index contributed by atoms with van der Waals surface area (Å²) in [5.41, 5.74) is 1.81. The van der Waals surface area contributed by atoms with Crippen LogP contribution >= 0.6 is 0 Å². The molecule has 0 heterocycles. The summed E-state index contributed by atoms with van der Waals surface area (Å²) in [7, 11) is 0. The Hall–Kier alpha value is -2.75. The second-order valence-corrected chi connectivity index (χ2v) is 5.19. The van der Waals surface area contributed by atoms with Gasteiger partial charge in [-0.1, -0.05) is 36.4 Å². The number of amides is 1. The fourth-order valence-corrected chi connectivity index (χ4v) is 1.94. The maximum Gasteiger partial charge on any atom is 0.265 e. The molecule has 2 aromatic rings. The fraction of sp³-hybridized carbons (Fsp3) is 0.211. The zero-order valence-corrected chi connectivity index (χ0v) is 13.4. The molecule has 0 saturated heterocycles. The number of carbonyl (C=O) groups is 1. The van der Waals surface area contributed by atoms with Crippen LogP contribution in [0.1, 0.15) is 12.5 Å². The average molecular weight is 311 g/mol. The highest BCUT2D eigenvalue weighted by atomic mass is 16.5. The Morgan fingerprint density at radius 3 is 2.65 bits per heavy atom. The monoisotopic (exact) mass is 311 g/mol. The molecular weight excluding hydrogens is 290 g/mol. The van der Waals surface area contributed by atoms with Gasteiger partial charge in [0.05, 0.1) is 0 Å². The van der Waals surface area contributed by atoms with E-state index in [1.165, 1.54) is 0 Å². The molecule has 0 aliphatic rings. The highest BCUT2D eigenvalue weighted by Gasteiger charge is 2.15. The van der Waals surface area contributed by atoms with Crippen LogP contribution in [0.15, 0.2) is 61.2 Å². The number of nitrogens with one attached hydrogen (secondary N) is 1. The lowest BCUT2D eigenvalue weighted by atomic mass is 10.2. The van der Waals surface area contributed by atoms with Crippen LogP contribution in [0, 0.1) is 6.92 Å². The van der Waals surface area contributed by atoms with E-state index in [4.69, 9.17) is 9.47 Å². The first-order valence-corrected chi connectivity index (χ1v) is 7.46. The van der Waals surface area contributed by atoms with Gasteiger partial charge in [0, 0.05) is 11.8 Å². The Kier molecular flexibility index (Phi) is 5.80. The van der Waals surface area contributed by atoms with Crippen molar-refractivity contribution in [3.05, 3.63) is 66.7 Å². The summed E-state index contributed by atoms with van der Waals surface area (Å²) >= 11 is 0. The van der Waals surface area contributed by atoms with Gasteiger partial charge in [-0.15, -0.1) is 0 Å². The second-order valence-electron chi connectivity index (χ2n) is 5.19. The number of hydrogen-bond donors (Lipinski definition) is 1. The maximum absolute atomic E-state index is 12.2. The van der Waals surface area contributed by atoms with E-state index in [0.717, 1.165) is 5.56 Å². The SMILES string of the molecule is C=CCOc1cccc(NC(=O)[C@H](C)Oc2ccc(C)cc2)c1. The lowest BCUT2D eigenvalue weighted by Crippen LogP contribution is -2.30. The molecule has 0 unspecified atom stereocenters. The zero-order chi connectivity index (χ0) is 16.7. The molecule has 2 aromatic carbocycles. The van der Waals surface area contributed by atoms with Crippen LogP contribution in [0.5, 0.6) is 11.5 Å². The van der Waals surface area contributed by atoms with Crippen LogP contribution in [-0.2, 0) is 4.79 Å². The molecule has 120 valence electrons. The van der Waals surface area contributed by atoms with E-state index in [9.17, 15) is 4.79 Å². The van der Waals surface area contributed by atoms with Gasteiger partial charge in [-0.05, 0) is 38.1 Å². The molecule has 4 heteroatoms. The summed E-state index contributed by atoms with van der Waals surface area (Å²) in [5, 5.41) is 2.82. The van der Waals surface area contributed by atoms with Gasteiger partial charge in [0.15, 0.2) is 6.10 Å². The third-order valence-electron chi connectivity index (χ3n) is 3.17. The predicted octanol–water partition coefficient (Wildman–Crippen LogP) is 3.97. The van der Waals surface area contributed by atoms with E-state index in [0.29, 0.717) is 23.8 Å². The molecule has 0 radical (unpaired) electrons. The van der Waals surface area contributed by atoms with Crippen molar-refractivity contribution in [2.45, 2.75) is 20.0 Å². The highest BCUT2D eigenvalue weighted by molar-refractivity contribution is 5.94. The van der Waals surface area contributed by atoms with Crippen molar-refractivity contribution in [2.24, 2.45) is 0 Å². The first kappa shape index (κ1) is 16.6. The van der Waals surface area contributed by atoms with Crippen molar-refractivity contribution < 1.29 is 14.3 Å². The third kappa shape index (κ3) is 5.18. The van der Waals surface area contributed by atoms with E-state index in [2.05, 4.69) is 11.9 Å². The summed E-state index contributed by atoms with van der Waals surface area (Å²) in [6.07, 6.45) is 1.07. The number of anilines is 1. The van der Waals surface area contributed by atoms with Crippen LogP contribution in [0.25, 0.3) is 0 Å². The lowest BCUT2D eigenvalue weighted by molar-refractivity contribution is -0.122. The minimum absolute atomic E-state index is 0.216. The van der Waals surface area contributed by atoms with Gasteiger partial charge >= 0.3 is 0 Å². The Balaban J connectivity index is 1.95. The van der Waals surface area contributed by atoms with Crippen molar-refractivity contribution in [1.29, 1.82) is 0 Å². The van der Waals surface area contributed by atoms with Crippen LogP contribution in [0.2, 0.25) is 0 Å². The van der Waals surface area contributed by atoms with Gasteiger partial charge in [-0.25, -0.2) is 0 Å². The second kappa shape index (κ2) is 8.03. The number of hydrogen-bond acceptors (Lipinski definition) is 3. The number of benzene rings is 2. The minimum atomic E-state index is -0.601. The molecule has 0 aliphatic carbocycles. The topological polar surface area (TPSA) is 47.6 Å². The molecule has 1 atom stereocenters. The van der Waals surface area contributed by atoms with E-state index >= 15 is 0 Å². The van der Waals surface area contributed by atoms with E-state index in [1.54, 1.807) is 25.1 Å². The smallest absolute Gasteiger partial charge is 0.265 e. The Morgan fingerprint density at radius 1 is 1.22 bits per heavy atom. The molecule has 0 bridgehead atoms. The summed E-state index contributed by atoms with van der Waals surface area (Å²) in [5.74, 6) is 1.13. The van der Waals surface area contributed by atoms with Gasteiger partial charge in [-0.3, -0.25) is 4.79 Å². The van der Waals surface area contributed by atoms with Crippen LogP contribution < -0.4 is 14.8 Å². The Labute approximate surface area is 136 Å². The number of rotatable bonds is 7. The molecule has 1 N–H and O–H groups in total. The molecule has 0 saturated carbocycles. The molecule has 0 aromatic heterocycles. The van der Waals surface area contributed by atoms with Crippen molar-refractivity contribution in [3.8, 4) is 11.5 Å². The van der Waals surface area contributed by atoms with Gasteiger partial charge in [0.25, 0.3) is 5.91 Å². The Bertz CT molecular complexity index is 665. The number of ether oxygens (including phenoxy) is 2. The molecule has 4 nitrogen and oxygen atoms in total.